The highest BCUT2D eigenvalue weighted by molar-refractivity contribution is 7.80. The Balaban J connectivity index is 1.97. The first-order chi connectivity index (χ1) is 10.4. The van der Waals surface area contributed by atoms with Crippen LogP contribution in [0.3, 0.4) is 0 Å². The van der Waals surface area contributed by atoms with E-state index in [1.807, 2.05) is 30.3 Å². The summed E-state index contributed by atoms with van der Waals surface area (Å²) in [5.41, 5.74) is 3.74. The molecule has 0 aliphatic rings. The van der Waals surface area contributed by atoms with Crippen molar-refractivity contribution in [2.24, 2.45) is 0 Å². The van der Waals surface area contributed by atoms with Gasteiger partial charge in [0.05, 0.1) is 6.04 Å². The Hall–Kier alpha value is -1.87. The normalized spacial score (nSPS) is 12.5. The Morgan fingerprint density at radius 1 is 0.955 bits per heavy atom. The van der Waals surface area contributed by atoms with Gasteiger partial charge in [0.1, 0.15) is 0 Å². The van der Waals surface area contributed by atoms with Gasteiger partial charge in [-0.2, -0.15) is 0 Å². The lowest BCUT2D eigenvalue weighted by Gasteiger charge is -2.21. The van der Waals surface area contributed by atoms with Crippen LogP contribution >= 0.6 is 12.2 Å². The summed E-state index contributed by atoms with van der Waals surface area (Å²) in [5.74, 6) is 0. The van der Waals surface area contributed by atoms with Gasteiger partial charge in [-0.3, -0.25) is 0 Å². The number of nitrogens with one attached hydrogen (secondary N) is 2. The molecule has 0 saturated heterocycles. The largest absolute Gasteiger partial charge is 0.356 e. The van der Waals surface area contributed by atoms with Gasteiger partial charge >= 0.3 is 0 Å². The van der Waals surface area contributed by atoms with Crippen molar-refractivity contribution in [1.29, 1.82) is 0 Å². The molecular formula is C19H24N2S. The van der Waals surface area contributed by atoms with Crippen LogP contribution in [0.2, 0.25) is 0 Å². The number of hydrogen-bond acceptors (Lipinski definition) is 1. The molecule has 2 aromatic rings. The maximum Gasteiger partial charge on any atom is 0.171 e. The number of hydrogen-bond donors (Lipinski definition) is 2. The molecule has 0 amide bonds. The zero-order valence-electron chi connectivity index (χ0n) is 13.7. The second kappa shape index (κ2) is 6.93. The van der Waals surface area contributed by atoms with Crippen molar-refractivity contribution >= 4 is 23.0 Å². The third kappa shape index (κ3) is 4.57. The van der Waals surface area contributed by atoms with Crippen LogP contribution in [0.25, 0.3) is 0 Å². The van der Waals surface area contributed by atoms with Gasteiger partial charge in [-0.25, -0.2) is 0 Å². The Morgan fingerprint density at radius 2 is 1.55 bits per heavy atom. The molecule has 2 rings (SSSR count). The fraction of sp³-hybridized carbons (Fsp3) is 0.316. The third-order valence-corrected chi connectivity index (χ3v) is 3.88. The van der Waals surface area contributed by atoms with Gasteiger partial charge in [0.2, 0.25) is 0 Å². The van der Waals surface area contributed by atoms with E-state index in [9.17, 15) is 0 Å². The van der Waals surface area contributed by atoms with E-state index in [-0.39, 0.29) is 11.5 Å². The van der Waals surface area contributed by atoms with Crippen LogP contribution < -0.4 is 10.6 Å². The molecule has 1 unspecified atom stereocenters. The minimum atomic E-state index is 0.165. The molecular weight excluding hydrogens is 288 g/mol. The molecule has 0 aliphatic carbocycles. The predicted octanol–water partition coefficient (Wildman–Crippen LogP) is 5.03. The topological polar surface area (TPSA) is 24.1 Å². The van der Waals surface area contributed by atoms with Crippen LogP contribution in [0, 0.1) is 0 Å². The Labute approximate surface area is 139 Å². The van der Waals surface area contributed by atoms with Crippen molar-refractivity contribution < 1.29 is 0 Å². The van der Waals surface area contributed by atoms with Crippen molar-refractivity contribution in [2.45, 2.75) is 39.2 Å². The molecule has 22 heavy (non-hydrogen) atoms. The van der Waals surface area contributed by atoms with E-state index in [4.69, 9.17) is 12.2 Å². The number of benzene rings is 2. The standard InChI is InChI=1S/C19H24N2S/c1-14(15-10-12-16(13-11-15)19(2,3)4)20-18(22)21-17-8-6-5-7-9-17/h5-14H,1-4H3,(H2,20,21,22). The summed E-state index contributed by atoms with van der Waals surface area (Å²) in [5, 5.41) is 7.16. The summed E-state index contributed by atoms with van der Waals surface area (Å²) in [6.07, 6.45) is 0. The lowest BCUT2D eigenvalue weighted by Crippen LogP contribution is -2.30. The molecule has 2 N–H and O–H groups in total. The van der Waals surface area contributed by atoms with Crippen molar-refractivity contribution in [3.8, 4) is 0 Å². The molecule has 0 heterocycles. The van der Waals surface area contributed by atoms with Crippen LogP contribution in [0.1, 0.15) is 44.9 Å². The highest BCUT2D eigenvalue weighted by atomic mass is 32.1. The first-order valence-electron chi connectivity index (χ1n) is 7.59. The monoisotopic (exact) mass is 312 g/mol. The SMILES string of the molecule is CC(NC(=S)Nc1ccccc1)c1ccc(C(C)(C)C)cc1. The van der Waals surface area contributed by atoms with E-state index in [0.717, 1.165) is 5.69 Å². The summed E-state index contributed by atoms with van der Waals surface area (Å²) in [4.78, 5) is 0. The van der Waals surface area contributed by atoms with Crippen molar-refractivity contribution in [3.63, 3.8) is 0 Å². The Morgan fingerprint density at radius 3 is 2.09 bits per heavy atom. The first-order valence-corrected chi connectivity index (χ1v) is 8.00. The van der Waals surface area contributed by atoms with Crippen LogP contribution in [0.5, 0.6) is 0 Å². The minimum Gasteiger partial charge on any atom is -0.356 e. The molecule has 0 saturated carbocycles. The molecule has 116 valence electrons. The molecule has 0 spiro atoms. The molecule has 0 aliphatic heterocycles. The molecule has 1 atom stereocenters. The average Bonchev–Trinajstić information content (AvgIpc) is 2.47. The Bertz CT molecular complexity index is 612. The van der Waals surface area contributed by atoms with Gasteiger partial charge in [-0.05, 0) is 47.8 Å². The van der Waals surface area contributed by atoms with Gasteiger partial charge in [0.15, 0.2) is 5.11 Å². The van der Waals surface area contributed by atoms with Crippen molar-refractivity contribution in [3.05, 3.63) is 65.7 Å². The maximum atomic E-state index is 5.38. The van der Waals surface area contributed by atoms with E-state index in [1.54, 1.807) is 0 Å². The fourth-order valence-corrected chi connectivity index (χ4v) is 2.54. The molecule has 0 aromatic heterocycles. The number of rotatable bonds is 3. The van der Waals surface area contributed by atoms with Crippen molar-refractivity contribution in [2.75, 3.05) is 5.32 Å². The second-order valence-electron chi connectivity index (χ2n) is 6.56. The van der Waals surface area contributed by atoms with Crippen LogP contribution in [0.15, 0.2) is 54.6 Å². The minimum absolute atomic E-state index is 0.165. The van der Waals surface area contributed by atoms with E-state index in [2.05, 4.69) is 62.6 Å². The van der Waals surface area contributed by atoms with Gasteiger partial charge in [-0.1, -0.05) is 63.2 Å². The van der Waals surface area contributed by atoms with Gasteiger partial charge in [0, 0.05) is 5.69 Å². The molecule has 0 bridgehead atoms. The smallest absolute Gasteiger partial charge is 0.171 e. The third-order valence-electron chi connectivity index (χ3n) is 3.66. The quantitative estimate of drug-likeness (QED) is 0.777. The van der Waals surface area contributed by atoms with Crippen LogP contribution in [0.4, 0.5) is 5.69 Å². The lowest BCUT2D eigenvalue weighted by molar-refractivity contribution is 0.589. The summed E-state index contributed by atoms with van der Waals surface area (Å²) in [6.45, 7) is 8.79. The van der Waals surface area contributed by atoms with E-state index in [0.29, 0.717) is 5.11 Å². The number of para-hydroxylation sites is 1. The van der Waals surface area contributed by atoms with E-state index < -0.39 is 0 Å². The summed E-state index contributed by atoms with van der Waals surface area (Å²) >= 11 is 5.38. The molecule has 2 aromatic carbocycles. The van der Waals surface area contributed by atoms with Gasteiger partial charge in [-0.15, -0.1) is 0 Å². The zero-order valence-corrected chi connectivity index (χ0v) is 14.5. The zero-order chi connectivity index (χ0) is 16.2. The molecule has 3 heteroatoms. The fourth-order valence-electron chi connectivity index (χ4n) is 2.24. The summed E-state index contributed by atoms with van der Waals surface area (Å²) in [7, 11) is 0. The maximum absolute atomic E-state index is 5.38. The predicted molar refractivity (Wildman–Crippen MR) is 99.4 cm³/mol. The summed E-state index contributed by atoms with van der Waals surface area (Å²) in [6, 6.07) is 18.8. The van der Waals surface area contributed by atoms with Gasteiger partial charge in [0.25, 0.3) is 0 Å². The molecule has 0 fully saturated rings. The highest BCUT2D eigenvalue weighted by Crippen LogP contribution is 2.23. The lowest BCUT2D eigenvalue weighted by atomic mass is 9.86. The van der Waals surface area contributed by atoms with Crippen LogP contribution in [-0.2, 0) is 5.41 Å². The van der Waals surface area contributed by atoms with E-state index in [1.165, 1.54) is 11.1 Å². The number of anilines is 1. The highest BCUT2D eigenvalue weighted by Gasteiger charge is 2.14. The Kier molecular flexibility index (Phi) is 5.19. The average molecular weight is 312 g/mol. The molecule has 2 nitrogen and oxygen atoms in total. The van der Waals surface area contributed by atoms with Crippen LogP contribution in [-0.4, -0.2) is 5.11 Å². The first kappa shape index (κ1) is 16.5. The van der Waals surface area contributed by atoms with Gasteiger partial charge < -0.3 is 10.6 Å². The van der Waals surface area contributed by atoms with E-state index >= 15 is 0 Å². The van der Waals surface area contributed by atoms with Crippen molar-refractivity contribution in [1.82, 2.24) is 5.32 Å². The second-order valence-corrected chi connectivity index (χ2v) is 6.97. The summed E-state index contributed by atoms with van der Waals surface area (Å²) < 4.78 is 0. The number of thiocarbonyl (C=S) groups is 1. The molecule has 0 radical (unpaired) electrons.